The maximum Gasteiger partial charge on any atom is 0.336 e. The molecular weight excluding hydrogens is 346 g/mol. The molecule has 140 valence electrons. The summed E-state index contributed by atoms with van der Waals surface area (Å²) in [6.45, 7) is 4.03. The van der Waals surface area contributed by atoms with Crippen molar-refractivity contribution in [1.82, 2.24) is 5.32 Å². The number of hydrogen-bond acceptors (Lipinski definition) is 5. The number of hydrogen-bond donors (Lipinski definition) is 1. The van der Waals surface area contributed by atoms with E-state index in [1.807, 2.05) is 26.0 Å². The second kappa shape index (κ2) is 7.53. The van der Waals surface area contributed by atoms with Gasteiger partial charge in [-0.2, -0.15) is 0 Å². The molecule has 1 N–H and O–H groups in total. The molecule has 0 aliphatic heterocycles. The number of benzene rings is 2. The molecule has 1 heterocycles. The van der Waals surface area contributed by atoms with Crippen LogP contribution in [0.1, 0.15) is 27.0 Å². The second-order valence-corrected chi connectivity index (χ2v) is 6.27. The summed E-state index contributed by atoms with van der Waals surface area (Å²) in [5.74, 6) is 0.474. The Kier molecular flexibility index (Phi) is 5.16. The van der Waals surface area contributed by atoms with E-state index in [2.05, 4.69) is 5.32 Å². The summed E-state index contributed by atoms with van der Waals surface area (Å²) in [6.07, 6.45) is 0. The van der Waals surface area contributed by atoms with Crippen molar-refractivity contribution >= 4 is 16.9 Å². The van der Waals surface area contributed by atoms with Crippen LogP contribution >= 0.6 is 0 Å². The molecule has 0 saturated carbocycles. The number of amides is 1. The Hall–Kier alpha value is -3.28. The van der Waals surface area contributed by atoms with Gasteiger partial charge in [0, 0.05) is 18.0 Å². The van der Waals surface area contributed by atoms with E-state index in [-0.39, 0.29) is 12.5 Å². The first-order valence-corrected chi connectivity index (χ1v) is 8.47. The van der Waals surface area contributed by atoms with Gasteiger partial charge in [-0.25, -0.2) is 4.79 Å². The molecule has 0 unspecified atom stereocenters. The third-order valence-electron chi connectivity index (χ3n) is 4.35. The van der Waals surface area contributed by atoms with Gasteiger partial charge < -0.3 is 19.2 Å². The molecule has 6 nitrogen and oxygen atoms in total. The smallest absolute Gasteiger partial charge is 0.336 e. The van der Waals surface area contributed by atoms with E-state index in [1.54, 1.807) is 18.2 Å². The zero-order valence-electron chi connectivity index (χ0n) is 15.7. The highest BCUT2D eigenvalue weighted by Crippen LogP contribution is 2.28. The standard InChI is InChI=1S/C21H21NO5/c1-12-8-13(2)20-15(9-12)14(10-18(23)27-20)11-22-21(24)19-16(25-3)6-5-7-17(19)26-4/h5-10H,11H2,1-4H3,(H,22,24). The van der Waals surface area contributed by atoms with Gasteiger partial charge in [0.2, 0.25) is 0 Å². The fourth-order valence-electron chi connectivity index (χ4n) is 3.16. The molecule has 0 saturated heterocycles. The Morgan fingerprint density at radius 1 is 1.07 bits per heavy atom. The highest BCUT2D eigenvalue weighted by molar-refractivity contribution is 6.00. The van der Waals surface area contributed by atoms with Crippen LogP contribution in [0.4, 0.5) is 0 Å². The van der Waals surface area contributed by atoms with Crippen LogP contribution in [0.2, 0.25) is 0 Å². The predicted octanol–water partition coefficient (Wildman–Crippen LogP) is 3.36. The molecule has 27 heavy (non-hydrogen) atoms. The molecule has 1 aromatic heterocycles. The number of fused-ring (bicyclic) bond motifs is 1. The minimum atomic E-state index is -0.450. The topological polar surface area (TPSA) is 77.8 Å². The van der Waals surface area contributed by atoms with Gasteiger partial charge in [0.15, 0.2) is 0 Å². The zero-order chi connectivity index (χ0) is 19.6. The highest BCUT2D eigenvalue weighted by atomic mass is 16.5. The SMILES string of the molecule is COc1cccc(OC)c1C(=O)NCc1cc(=O)oc2c(C)cc(C)cc12. The molecule has 0 spiro atoms. The van der Waals surface area contributed by atoms with Gasteiger partial charge >= 0.3 is 5.63 Å². The predicted molar refractivity (Wildman–Crippen MR) is 103 cm³/mol. The Labute approximate surface area is 156 Å². The first-order chi connectivity index (χ1) is 12.9. The summed E-state index contributed by atoms with van der Waals surface area (Å²) in [4.78, 5) is 24.7. The number of carbonyl (C=O) groups excluding carboxylic acids is 1. The van der Waals surface area contributed by atoms with Gasteiger partial charge in [-0.3, -0.25) is 4.79 Å². The largest absolute Gasteiger partial charge is 0.496 e. The lowest BCUT2D eigenvalue weighted by Gasteiger charge is -2.14. The van der Waals surface area contributed by atoms with E-state index in [1.165, 1.54) is 20.3 Å². The molecule has 3 aromatic rings. The Balaban J connectivity index is 1.96. The molecule has 6 heteroatoms. The van der Waals surface area contributed by atoms with Crippen molar-refractivity contribution in [2.75, 3.05) is 14.2 Å². The van der Waals surface area contributed by atoms with E-state index >= 15 is 0 Å². The summed E-state index contributed by atoms with van der Waals surface area (Å²) in [7, 11) is 2.99. The van der Waals surface area contributed by atoms with Crippen LogP contribution in [-0.2, 0) is 6.54 Å². The molecule has 2 aromatic carbocycles. The van der Waals surface area contributed by atoms with Crippen LogP contribution in [0.25, 0.3) is 11.0 Å². The average molecular weight is 367 g/mol. The summed E-state index contributed by atoms with van der Waals surface area (Å²) in [6, 6.07) is 10.4. The minimum absolute atomic E-state index is 0.172. The van der Waals surface area contributed by atoms with E-state index in [0.717, 1.165) is 16.5 Å². The molecular formula is C21H21NO5. The maximum absolute atomic E-state index is 12.8. The van der Waals surface area contributed by atoms with Crippen LogP contribution < -0.4 is 20.4 Å². The van der Waals surface area contributed by atoms with Gasteiger partial charge in [0.25, 0.3) is 5.91 Å². The number of rotatable bonds is 5. The molecule has 0 aliphatic rings. The molecule has 0 radical (unpaired) electrons. The molecule has 0 aliphatic carbocycles. The lowest BCUT2D eigenvalue weighted by Crippen LogP contribution is -2.24. The summed E-state index contributed by atoms with van der Waals surface area (Å²) >= 11 is 0. The molecule has 0 atom stereocenters. The van der Waals surface area contributed by atoms with Gasteiger partial charge in [-0.1, -0.05) is 12.1 Å². The highest BCUT2D eigenvalue weighted by Gasteiger charge is 2.18. The summed E-state index contributed by atoms with van der Waals surface area (Å²) < 4.78 is 15.9. The Morgan fingerprint density at radius 2 is 1.74 bits per heavy atom. The van der Waals surface area contributed by atoms with Crippen molar-refractivity contribution in [3.05, 3.63) is 69.1 Å². The fourth-order valence-corrected chi connectivity index (χ4v) is 3.16. The van der Waals surface area contributed by atoms with Crippen LogP contribution in [0.5, 0.6) is 11.5 Å². The average Bonchev–Trinajstić information content (AvgIpc) is 2.65. The van der Waals surface area contributed by atoms with Crippen molar-refractivity contribution in [3.8, 4) is 11.5 Å². The van der Waals surface area contributed by atoms with E-state index in [0.29, 0.717) is 28.2 Å². The normalized spacial score (nSPS) is 10.7. The number of nitrogens with one attached hydrogen (secondary N) is 1. The van der Waals surface area contributed by atoms with Crippen molar-refractivity contribution in [3.63, 3.8) is 0 Å². The van der Waals surface area contributed by atoms with Gasteiger partial charge in [0.05, 0.1) is 14.2 Å². The van der Waals surface area contributed by atoms with Gasteiger partial charge in [-0.05, 0) is 48.7 Å². The van der Waals surface area contributed by atoms with Crippen LogP contribution in [-0.4, -0.2) is 20.1 Å². The minimum Gasteiger partial charge on any atom is -0.496 e. The maximum atomic E-state index is 12.8. The van der Waals surface area contributed by atoms with Crippen molar-refractivity contribution in [2.24, 2.45) is 0 Å². The lowest BCUT2D eigenvalue weighted by atomic mass is 10.0. The third kappa shape index (κ3) is 3.65. The third-order valence-corrected chi connectivity index (χ3v) is 4.35. The number of methoxy groups -OCH3 is 2. The van der Waals surface area contributed by atoms with Gasteiger partial charge in [0.1, 0.15) is 22.6 Å². The number of aryl methyl sites for hydroxylation is 2. The zero-order valence-corrected chi connectivity index (χ0v) is 15.7. The fraction of sp³-hybridized carbons (Fsp3) is 0.238. The Morgan fingerprint density at radius 3 is 2.37 bits per heavy atom. The van der Waals surface area contributed by atoms with Crippen LogP contribution in [0, 0.1) is 13.8 Å². The number of carbonyl (C=O) groups is 1. The number of ether oxygens (including phenoxy) is 2. The van der Waals surface area contributed by atoms with Crippen molar-refractivity contribution in [2.45, 2.75) is 20.4 Å². The van der Waals surface area contributed by atoms with E-state index in [4.69, 9.17) is 13.9 Å². The van der Waals surface area contributed by atoms with Gasteiger partial charge in [-0.15, -0.1) is 0 Å². The lowest BCUT2D eigenvalue weighted by molar-refractivity contribution is 0.0944. The van der Waals surface area contributed by atoms with E-state index < -0.39 is 5.63 Å². The molecule has 0 bridgehead atoms. The summed E-state index contributed by atoms with van der Waals surface area (Å²) in [5.41, 5.74) is 3.01. The first-order valence-electron chi connectivity index (χ1n) is 8.47. The van der Waals surface area contributed by atoms with E-state index in [9.17, 15) is 9.59 Å². The Bertz CT molecular complexity index is 1050. The quantitative estimate of drug-likeness (QED) is 0.700. The monoisotopic (exact) mass is 367 g/mol. The van der Waals surface area contributed by atoms with Crippen LogP contribution in [0.3, 0.4) is 0 Å². The molecule has 1 amide bonds. The second-order valence-electron chi connectivity index (χ2n) is 6.27. The van der Waals surface area contributed by atoms with Crippen molar-refractivity contribution < 1.29 is 18.7 Å². The summed E-state index contributed by atoms with van der Waals surface area (Å²) in [5, 5.41) is 3.65. The molecule has 0 fully saturated rings. The van der Waals surface area contributed by atoms with Crippen molar-refractivity contribution in [1.29, 1.82) is 0 Å². The van der Waals surface area contributed by atoms with Crippen LogP contribution in [0.15, 0.2) is 45.6 Å². The first kappa shape index (κ1) is 18.5. The molecule has 3 rings (SSSR count).